The number of amides is 3. The molecule has 0 radical (unpaired) electrons. The summed E-state index contributed by atoms with van der Waals surface area (Å²) in [4.78, 5) is 31.7. The van der Waals surface area contributed by atoms with E-state index < -0.39 is 11.9 Å². The lowest BCUT2D eigenvalue weighted by Crippen LogP contribution is -2.45. The fourth-order valence-corrected chi connectivity index (χ4v) is 4.78. The summed E-state index contributed by atoms with van der Waals surface area (Å²) in [6.45, 7) is 6.45. The second kappa shape index (κ2) is 8.35. The van der Waals surface area contributed by atoms with Crippen LogP contribution in [0.1, 0.15) is 42.7 Å². The van der Waals surface area contributed by atoms with Gasteiger partial charge in [-0.1, -0.05) is 17.9 Å². The average Bonchev–Trinajstić information content (AvgIpc) is 3.14. The summed E-state index contributed by atoms with van der Waals surface area (Å²) in [5, 5.41) is 5.11. The van der Waals surface area contributed by atoms with E-state index in [1.807, 2.05) is 12.3 Å². The van der Waals surface area contributed by atoms with Gasteiger partial charge in [-0.15, -0.1) is 11.8 Å². The molecule has 1 aromatic rings. The zero-order valence-corrected chi connectivity index (χ0v) is 17.0. The molecule has 0 bridgehead atoms. The summed E-state index contributed by atoms with van der Waals surface area (Å²) >= 11 is 2.87. The van der Waals surface area contributed by atoms with E-state index in [0.29, 0.717) is 23.8 Å². The number of rotatable bonds is 7. The predicted molar refractivity (Wildman–Crippen MR) is 111 cm³/mol. The fraction of sp³-hybridized carbons (Fsp3) is 0.500. The normalized spacial score (nSPS) is 20.0. The smallest absolute Gasteiger partial charge is 0.324 e. The Balaban J connectivity index is 1.62. The van der Waals surface area contributed by atoms with Crippen molar-refractivity contribution in [2.24, 2.45) is 17.4 Å². The number of thiazole rings is 1. The van der Waals surface area contributed by atoms with Crippen molar-refractivity contribution < 1.29 is 9.59 Å². The minimum absolute atomic E-state index is 0.355. The van der Waals surface area contributed by atoms with E-state index in [-0.39, 0.29) is 6.03 Å². The van der Waals surface area contributed by atoms with Crippen LogP contribution in [0.5, 0.6) is 0 Å². The molecule has 2 aliphatic rings. The summed E-state index contributed by atoms with van der Waals surface area (Å²) in [6.07, 6.45) is 4.99. The Hall–Kier alpha value is -2.00. The number of carbonyl (C=O) groups is 2. The number of aromatic nitrogens is 1. The number of carbonyl (C=O) groups excluding carboxylic acids is 2. The number of likely N-dealkylation sites (tertiary alicyclic amines) is 1. The molecular weight excluding hydrogens is 382 g/mol. The Morgan fingerprint density at radius 2 is 2.15 bits per heavy atom. The van der Waals surface area contributed by atoms with Gasteiger partial charge < -0.3 is 16.4 Å². The zero-order valence-electron chi connectivity index (χ0n) is 15.4. The van der Waals surface area contributed by atoms with Gasteiger partial charge in [0.05, 0.1) is 16.3 Å². The van der Waals surface area contributed by atoms with Gasteiger partial charge in [0.1, 0.15) is 6.04 Å². The van der Waals surface area contributed by atoms with Crippen LogP contribution < -0.4 is 16.8 Å². The van der Waals surface area contributed by atoms with E-state index in [1.54, 1.807) is 11.8 Å². The van der Waals surface area contributed by atoms with Crippen molar-refractivity contribution in [3.8, 4) is 0 Å². The molecule has 1 atom stereocenters. The maximum absolute atomic E-state index is 12.5. The molecule has 0 spiro atoms. The van der Waals surface area contributed by atoms with Crippen LogP contribution in [0.4, 0.5) is 9.93 Å². The summed E-state index contributed by atoms with van der Waals surface area (Å²) in [5.41, 5.74) is 12.9. The summed E-state index contributed by atoms with van der Waals surface area (Å²) < 4.78 is 0. The Morgan fingerprint density at radius 1 is 1.41 bits per heavy atom. The molecule has 1 unspecified atom stereocenters. The van der Waals surface area contributed by atoms with Crippen LogP contribution in [0, 0.1) is 12.8 Å². The highest BCUT2D eigenvalue weighted by atomic mass is 32.2. The number of primary amides is 1. The SMILES string of the molecule is C=C(CC1CC1)S/C=C(\N)c1sc(NC(=O)N2CCCC2C(N)=O)nc1C. The van der Waals surface area contributed by atoms with Crippen molar-refractivity contribution >= 4 is 45.9 Å². The molecule has 1 aliphatic heterocycles. The minimum atomic E-state index is -0.552. The monoisotopic (exact) mass is 407 g/mol. The third kappa shape index (κ3) is 5.04. The van der Waals surface area contributed by atoms with Gasteiger partial charge in [0.2, 0.25) is 5.91 Å². The highest BCUT2D eigenvalue weighted by molar-refractivity contribution is 8.05. The number of nitrogens with one attached hydrogen (secondary N) is 1. The standard InChI is InChI=1S/C18H25N5O2S2/c1-10(8-12-5-6-12)26-9-13(19)15-11(2)21-17(27-15)22-18(25)23-7-3-4-14(23)16(20)24/h9,12,14H,1,3-8,19H2,2H3,(H2,20,24)(H,21,22,25)/b13-9-. The lowest BCUT2D eigenvalue weighted by atomic mass is 10.2. The van der Waals surface area contributed by atoms with Crippen molar-refractivity contribution in [3.05, 3.63) is 27.5 Å². The maximum atomic E-state index is 12.5. The molecular formula is C18H25N5O2S2. The van der Waals surface area contributed by atoms with Crippen LogP contribution in [0.3, 0.4) is 0 Å². The molecule has 1 aliphatic carbocycles. The maximum Gasteiger partial charge on any atom is 0.324 e. The van der Waals surface area contributed by atoms with Crippen molar-refractivity contribution in [2.75, 3.05) is 11.9 Å². The highest BCUT2D eigenvalue weighted by Gasteiger charge is 2.33. The molecule has 5 N–H and O–H groups in total. The second-order valence-electron chi connectivity index (χ2n) is 6.99. The van der Waals surface area contributed by atoms with Crippen LogP contribution in [0.15, 0.2) is 16.9 Å². The number of nitrogens with two attached hydrogens (primary N) is 2. The molecule has 27 heavy (non-hydrogen) atoms. The summed E-state index contributed by atoms with van der Waals surface area (Å²) in [6, 6.07) is -0.907. The quantitative estimate of drug-likeness (QED) is 0.642. The van der Waals surface area contributed by atoms with Crippen LogP contribution in [-0.2, 0) is 4.79 Å². The van der Waals surface area contributed by atoms with Gasteiger partial charge in [0.15, 0.2) is 5.13 Å². The number of anilines is 1. The molecule has 7 nitrogen and oxygen atoms in total. The first-order valence-electron chi connectivity index (χ1n) is 9.00. The lowest BCUT2D eigenvalue weighted by Gasteiger charge is -2.21. The molecule has 9 heteroatoms. The fourth-order valence-electron chi connectivity index (χ4n) is 3.08. The molecule has 3 rings (SSSR count). The minimum Gasteiger partial charge on any atom is -0.397 e. The lowest BCUT2D eigenvalue weighted by molar-refractivity contribution is -0.121. The zero-order chi connectivity index (χ0) is 19.6. The van der Waals surface area contributed by atoms with Crippen LogP contribution in [0.2, 0.25) is 0 Å². The molecule has 1 saturated carbocycles. The van der Waals surface area contributed by atoms with E-state index in [0.717, 1.165) is 34.2 Å². The molecule has 0 aromatic carbocycles. The van der Waals surface area contributed by atoms with Gasteiger partial charge in [0, 0.05) is 12.0 Å². The van der Waals surface area contributed by atoms with E-state index in [9.17, 15) is 9.59 Å². The van der Waals surface area contributed by atoms with Crippen molar-refractivity contribution in [1.29, 1.82) is 0 Å². The first-order chi connectivity index (χ1) is 12.8. The Kier molecular flexibility index (Phi) is 6.11. The first-order valence-corrected chi connectivity index (χ1v) is 10.7. The van der Waals surface area contributed by atoms with Crippen molar-refractivity contribution in [2.45, 2.75) is 45.1 Å². The van der Waals surface area contributed by atoms with Gasteiger partial charge in [-0.2, -0.15) is 0 Å². The second-order valence-corrected chi connectivity index (χ2v) is 9.04. The number of allylic oxidation sites excluding steroid dienone is 1. The first kappa shape index (κ1) is 19.8. The molecule has 3 amide bonds. The van der Waals surface area contributed by atoms with Crippen LogP contribution in [0.25, 0.3) is 5.70 Å². The predicted octanol–water partition coefficient (Wildman–Crippen LogP) is 3.24. The largest absolute Gasteiger partial charge is 0.397 e. The van der Waals surface area contributed by atoms with Crippen LogP contribution in [-0.4, -0.2) is 34.4 Å². The van der Waals surface area contributed by atoms with E-state index >= 15 is 0 Å². The van der Waals surface area contributed by atoms with E-state index in [2.05, 4.69) is 16.9 Å². The molecule has 1 saturated heterocycles. The van der Waals surface area contributed by atoms with Crippen LogP contribution >= 0.6 is 23.1 Å². The van der Waals surface area contributed by atoms with Gasteiger partial charge in [-0.3, -0.25) is 10.1 Å². The molecule has 1 aromatic heterocycles. The van der Waals surface area contributed by atoms with Gasteiger partial charge in [0.25, 0.3) is 0 Å². The highest BCUT2D eigenvalue weighted by Crippen LogP contribution is 2.38. The van der Waals surface area contributed by atoms with Gasteiger partial charge >= 0.3 is 6.03 Å². The third-order valence-electron chi connectivity index (χ3n) is 4.68. The topological polar surface area (TPSA) is 114 Å². The number of urea groups is 1. The number of hydrogen-bond donors (Lipinski definition) is 3. The molecule has 146 valence electrons. The summed E-state index contributed by atoms with van der Waals surface area (Å²) in [7, 11) is 0. The Bertz CT molecular complexity index is 785. The summed E-state index contributed by atoms with van der Waals surface area (Å²) in [5.74, 6) is 0.315. The number of aryl methyl sites for hydroxylation is 1. The molecule has 2 fully saturated rings. The number of thioether (sulfide) groups is 1. The average molecular weight is 408 g/mol. The third-order valence-corrected chi connectivity index (χ3v) is 6.67. The van der Waals surface area contributed by atoms with Gasteiger partial charge in [-0.05, 0) is 49.9 Å². The van der Waals surface area contributed by atoms with Crippen molar-refractivity contribution in [1.82, 2.24) is 9.88 Å². The number of hydrogen-bond acceptors (Lipinski definition) is 6. The van der Waals surface area contributed by atoms with Gasteiger partial charge in [-0.25, -0.2) is 9.78 Å². The van der Waals surface area contributed by atoms with E-state index in [4.69, 9.17) is 11.5 Å². The van der Waals surface area contributed by atoms with Crippen molar-refractivity contribution in [3.63, 3.8) is 0 Å². The number of nitrogens with zero attached hydrogens (tertiary/aromatic N) is 2. The Morgan fingerprint density at radius 3 is 2.81 bits per heavy atom. The van der Waals surface area contributed by atoms with E-state index in [1.165, 1.54) is 29.1 Å². The molecule has 2 heterocycles. The Labute approximate surface area is 167 Å².